The zero-order chi connectivity index (χ0) is 23.1. The molecule has 5 aromatic rings. The van der Waals surface area contributed by atoms with Crippen LogP contribution in [0, 0.1) is 0 Å². The maximum atomic E-state index is 13.2. The summed E-state index contributed by atoms with van der Waals surface area (Å²) in [5.74, 6) is -0.369. The van der Waals surface area contributed by atoms with Crippen molar-refractivity contribution >= 4 is 50.2 Å². The first kappa shape index (κ1) is 20.5. The molecule has 0 bridgehead atoms. The Kier molecular flexibility index (Phi) is 5.04. The molecular formula is C27H22N2O5. The lowest BCUT2D eigenvalue weighted by Crippen LogP contribution is -2.40. The summed E-state index contributed by atoms with van der Waals surface area (Å²) in [6.45, 7) is 1.93. The number of ether oxygens (including phenoxy) is 1. The Labute approximate surface area is 194 Å². The molecule has 0 radical (unpaired) electrons. The van der Waals surface area contributed by atoms with Gasteiger partial charge < -0.3 is 23.8 Å². The highest BCUT2D eigenvalue weighted by Crippen LogP contribution is 2.33. The number of carbonyl (C=O) groups is 2. The minimum Gasteiger partial charge on any atom is -0.464 e. The lowest BCUT2D eigenvalue weighted by Gasteiger charge is -2.26. The van der Waals surface area contributed by atoms with E-state index in [-0.39, 0.29) is 24.0 Å². The maximum absolute atomic E-state index is 13.2. The van der Waals surface area contributed by atoms with Crippen LogP contribution in [0.4, 0.5) is 5.69 Å². The van der Waals surface area contributed by atoms with Crippen LogP contribution < -0.4 is 5.32 Å². The van der Waals surface area contributed by atoms with Gasteiger partial charge in [0.15, 0.2) is 0 Å². The fourth-order valence-corrected chi connectivity index (χ4v) is 4.59. The molecule has 1 aliphatic heterocycles. The zero-order valence-corrected chi connectivity index (χ0v) is 18.4. The van der Waals surface area contributed by atoms with Gasteiger partial charge in [-0.05, 0) is 29.0 Å². The molecule has 1 saturated heterocycles. The van der Waals surface area contributed by atoms with Gasteiger partial charge >= 0.3 is 0 Å². The second-order valence-electron chi connectivity index (χ2n) is 8.35. The number of furan rings is 2. The molecule has 7 nitrogen and oxygen atoms in total. The number of benzene rings is 3. The van der Waals surface area contributed by atoms with E-state index in [0.717, 1.165) is 27.3 Å². The third kappa shape index (κ3) is 3.50. The van der Waals surface area contributed by atoms with Crippen LogP contribution >= 0.6 is 0 Å². The third-order valence-electron chi connectivity index (χ3n) is 6.24. The smallest absolute Gasteiger partial charge is 0.291 e. The molecule has 34 heavy (non-hydrogen) atoms. The lowest BCUT2D eigenvalue weighted by atomic mass is 10.0. The van der Waals surface area contributed by atoms with Crippen LogP contribution in [-0.4, -0.2) is 43.0 Å². The molecule has 7 heteroatoms. The summed E-state index contributed by atoms with van der Waals surface area (Å²) in [6.07, 6.45) is 1.73. The van der Waals surface area contributed by atoms with E-state index in [2.05, 4.69) is 5.32 Å². The molecule has 6 rings (SSSR count). The molecule has 0 aliphatic carbocycles. The Balaban J connectivity index is 1.34. The highest BCUT2D eigenvalue weighted by molar-refractivity contribution is 6.12. The molecule has 3 aromatic carbocycles. The fourth-order valence-electron chi connectivity index (χ4n) is 4.59. The number of anilines is 1. The number of hydrogen-bond donors (Lipinski definition) is 1. The average Bonchev–Trinajstić information content (AvgIpc) is 3.46. The first-order valence-electron chi connectivity index (χ1n) is 11.3. The van der Waals surface area contributed by atoms with Crippen molar-refractivity contribution in [2.45, 2.75) is 6.42 Å². The second-order valence-corrected chi connectivity index (χ2v) is 8.35. The van der Waals surface area contributed by atoms with Crippen molar-refractivity contribution in [3.8, 4) is 0 Å². The van der Waals surface area contributed by atoms with Crippen molar-refractivity contribution in [1.29, 1.82) is 0 Å². The number of nitrogens with zero attached hydrogens (tertiary/aromatic N) is 1. The summed E-state index contributed by atoms with van der Waals surface area (Å²) in [6, 6.07) is 19.3. The number of para-hydroxylation sites is 1. The Morgan fingerprint density at radius 2 is 1.65 bits per heavy atom. The summed E-state index contributed by atoms with van der Waals surface area (Å²) in [7, 11) is 0. The summed E-state index contributed by atoms with van der Waals surface area (Å²) < 4.78 is 17.0. The Hall–Kier alpha value is -4.10. The van der Waals surface area contributed by atoms with Crippen LogP contribution in [0.15, 0.2) is 75.8 Å². The number of rotatable bonds is 4. The predicted molar refractivity (Wildman–Crippen MR) is 129 cm³/mol. The molecule has 2 amide bonds. The molecule has 170 valence electrons. The van der Waals surface area contributed by atoms with E-state index in [1.54, 1.807) is 17.2 Å². The van der Waals surface area contributed by atoms with Gasteiger partial charge in [0.25, 0.3) is 5.91 Å². The standard InChI is InChI=1S/C27H22N2O5/c30-23(15-18-16-33-22-10-9-17-5-1-2-6-19(17)24(18)22)28-25-20-7-3-4-8-21(20)34-26(25)27(31)29-11-13-32-14-12-29/h1-10,16H,11-15H2,(H,28,30). The largest absolute Gasteiger partial charge is 0.464 e. The summed E-state index contributed by atoms with van der Waals surface area (Å²) in [4.78, 5) is 28.1. The van der Waals surface area contributed by atoms with Crippen molar-refractivity contribution in [3.05, 3.63) is 78.3 Å². The van der Waals surface area contributed by atoms with E-state index >= 15 is 0 Å². The Morgan fingerprint density at radius 1 is 0.882 bits per heavy atom. The molecule has 0 saturated carbocycles. The Morgan fingerprint density at radius 3 is 2.50 bits per heavy atom. The minimum atomic E-state index is -0.255. The van der Waals surface area contributed by atoms with Gasteiger partial charge in [0.1, 0.15) is 16.9 Å². The summed E-state index contributed by atoms with van der Waals surface area (Å²) in [5.41, 5.74) is 2.47. The normalized spacial score (nSPS) is 14.2. The van der Waals surface area contributed by atoms with E-state index in [0.29, 0.717) is 43.0 Å². The maximum Gasteiger partial charge on any atom is 0.291 e. The van der Waals surface area contributed by atoms with Gasteiger partial charge in [-0.1, -0.05) is 42.5 Å². The van der Waals surface area contributed by atoms with Crippen LogP contribution in [-0.2, 0) is 16.0 Å². The van der Waals surface area contributed by atoms with E-state index in [9.17, 15) is 9.59 Å². The second kappa shape index (κ2) is 8.35. The molecule has 0 spiro atoms. The van der Waals surface area contributed by atoms with Crippen molar-refractivity contribution in [2.75, 3.05) is 31.6 Å². The van der Waals surface area contributed by atoms with Crippen LogP contribution in [0.3, 0.4) is 0 Å². The first-order chi connectivity index (χ1) is 16.7. The number of carbonyl (C=O) groups excluding carboxylic acids is 2. The summed E-state index contributed by atoms with van der Waals surface area (Å²) >= 11 is 0. The molecule has 1 N–H and O–H groups in total. The van der Waals surface area contributed by atoms with E-state index in [1.807, 2.05) is 54.6 Å². The molecule has 2 aromatic heterocycles. The number of amides is 2. The highest BCUT2D eigenvalue weighted by Gasteiger charge is 2.27. The SMILES string of the molecule is O=C(Cc1coc2ccc3ccccc3c12)Nc1c(C(=O)N2CCOCC2)oc2ccccc12. The van der Waals surface area contributed by atoms with Gasteiger partial charge in [0.05, 0.1) is 25.9 Å². The van der Waals surface area contributed by atoms with Gasteiger partial charge in [-0.3, -0.25) is 9.59 Å². The minimum absolute atomic E-state index is 0.103. The van der Waals surface area contributed by atoms with Gasteiger partial charge in [-0.25, -0.2) is 0 Å². The average molecular weight is 454 g/mol. The summed E-state index contributed by atoms with van der Waals surface area (Å²) in [5, 5.41) is 6.68. The number of fused-ring (bicyclic) bond motifs is 4. The van der Waals surface area contributed by atoms with Crippen molar-refractivity contribution in [1.82, 2.24) is 4.90 Å². The van der Waals surface area contributed by atoms with E-state index in [4.69, 9.17) is 13.6 Å². The molecule has 3 heterocycles. The van der Waals surface area contributed by atoms with Crippen molar-refractivity contribution in [3.63, 3.8) is 0 Å². The number of morpholine rings is 1. The number of nitrogens with one attached hydrogen (secondary N) is 1. The highest BCUT2D eigenvalue weighted by atomic mass is 16.5. The molecular weight excluding hydrogens is 432 g/mol. The number of hydrogen-bond acceptors (Lipinski definition) is 5. The van der Waals surface area contributed by atoms with Gasteiger partial charge in [0.2, 0.25) is 11.7 Å². The topological polar surface area (TPSA) is 84.9 Å². The molecule has 1 fully saturated rings. The molecule has 0 atom stereocenters. The molecule has 0 unspecified atom stereocenters. The zero-order valence-electron chi connectivity index (χ0n) is 18.4. The van der Waals surface area contributed by atoms with E-state index in [1.165, 1.54) is 0 Å². The first-order valence-corrected chi connectivity index (χ1v) is 11.3. The molecule has 1 aliphatic rings. The van der Waals surface area contributed by atoms with Crippen LogP contribution in [0.25, 0.3) is 32.7 Å². The van der Waals surface area contributed by atoms with Gasteiger partial charge in [-0.15, -0.1) is 0 Å². The van der Waals surface area contributed by atoms with Gasteiger partial charge in [-0.2, -0.15) is 0 Å². The van der Waals surface area contributed by atoms with Gasteiger partial charge in [0, 0.05) is 29.4 Å². The lowest BCUT2D eigenvalue weighted by molar-refractivity contribution is -0.115. The fraction of sp³-hybridized carbons (Fsp3) is 0.185. The third-order valence-corrected chi connectivity index (χ3v) is 6.24. The van der Waals surface area contributed by atoms with Crippen LogP contribution in [0.5, 0.6) is 0 Å². The van der Waals surface area contributed by atoms with Crippen LogP contribution in [0.2, 0.25) is 0 Å². The van der Waals surface area contributed by atoms with E-state index < -0.39 is 0 Å². The quantitative estimate of drug-likeness (QED) is 0.414. The predicted octanol–water partition coefficient (Wildman–Crippen LogP) is 4.99. The van der Waals surface area contributed by atoms with Crippen molar-refractivity contribution in [2.24, 2.45) is 0 Å². The van der Waals surface area contributed by atoms with Crippen molar-refractivity contribution < 1.29 is 23.2 Å². The monoisotopic (exact) mass is 454 g/mol. The Bertz CT molecular complexity index is 1540. The van der Waals surface area contributed by atoms with Crippen LogP contribution in [0.1, 0.15) is 16.1 Å².